The lowest BCUT2D eigenvalue weighted by molar-refractivity contribution is -0.136. The van der Waals surface area contributed by atoms with Crippen LogP contribution in [0.4, 0.5) is 0 Å². The van der Waals surface area contributed by atoms with Crippen molar-refractivity contribution >= 4 is 5.97 Å². The van der Waals surface area contributed by atoms with Gasteiger partial charge in [-0.2, -0.15) is 0 Å². The second-order valence-corrected chi connectivity index (χ2v) is 2.60. The highest BCUT2D eigenvalue weighted by atomic mass is 16.4. The Bertz CT molecular complexity index is 310. The Morgan fingerprint density at radius 3 is 2.67 bits per heavy atom. The first-order chi connectivity index (χ1) is 5.59. The zero-order chi connectivity index (χ0) is 9.14. The molecule has 0 fully saturated rings. The van der Waals surface area contributed by atoms with Gasteiger partial charge in [-0.25, -0.2) is 0 Å². The minimum Gasteiger partial charge on any atom is -0.481 e. The largest absolute Gasteiger partial charge is 0.481 e. The summed E-state index contributed by atoms with van der Waals surface area (Å²) in [6.07, 6.45) is 1.44. The molecule has 0 aliphatic heterocycles. The smallest absolute Gasteiger partial charge is 0.309 e. The van der Waals surface area contributed by atoms with E-state index in [-0.39, 0.29) is 6.42 Å². The van der Waals surface area contributed by atoms with Crippen molar-refractivity contribution in [2.45, 2.75) is 20.3 Å². The molecule has 12 heavy (non-hydrogen) atoms. The summed E-state index contributed by atoms with van der Waals surface area (Å²) >= 11 is 0. The molecule has 0 bridgehead atoms. The van der Waals surface area contributed by atoms with Crippen molar-refractivity contribution < 1.29 is 9.90 Å². The molecule has 0 aliphatic rings. The monoisotopic (exact) mass is 166 g/mol. The number of carbonyl (C=O) groups is 1. The molecular formula is C8H10N2O2. The van der Waals surface area contributed by atoms with Crippen LogP contribution in [0.25, 0.3) is 0 Å². The normalized spacial score (nSPS) is 9.83. The number of hydrogen-bond donors (Lipinski definition) is 1. The number of hydrogen-bond acceptors (Lipinski definition) is 3. The average Bonchev–Trinajstić information content (AvgIpc) is 1.96. The minimum atomic E-state index is -0.882. The Kier molecular flexibility index (Phi) is 2.38. The number of aryl methyl sites for hydroxylation is 2. The number of carboxylic acid groups (broad SMARTS) is 1. The summed E-state index contributed by atoms with van der Waals surface area (Å²) in [4.78, 5) is 18.4. The molecule has 4 nitrogen and oxygen atoms in total. The first-order valence-corrected chi connectivity index (χ1v) is 3.60. The van der Waals surface area contributed by atoms with Gasteiger partial charge in [-0.3, -0.25) is 14.8 Å². The fourth-order valence-electron chi connectivity index (χ4n) is 0.830. The van der Waals surface area contributed by atoms with Gasteiger partial charge in [-0.15, -0.1) is 0 Å². The highest BCUT2D eigenvalue weighted by Gasteiger charge is 2.03. The number of aromatic nitrogens is 2. The van der Waals surface area contributed by atoms with E-state index in [2.05, 4.69) is 9.97 Å². The highest BCUT2D eigenvalue weighted by molar-refractivity contribution is 5.69. The summed E-state index contributed by atoms with van der Waals surface area (Å²) in [5.41, 5.74) is 2.13. The van der Waals surface area contributed by atoms with Gasteiger partial charge in [0.15, 0.2) is 0 Å². The molecule has 1 rings (SSSR count). The van der Waals surface area contributed by atoms with Crippen LogP contribution in [-0.4, -0.2) is 21.0 Å². The van der Waals surface area contributed by atoms with Crippen LogP contribution in [0.15, 0.2) is 6.20 Å². The maximum absolute atomic E-state index is 10.3. The lowest BCUT2D eigenvalue weighted by atomic mass is 10.3. The van der Waals surface area contributed by atoms with E-state index in [0.717, 1.165) is 11.4 Å². The third-order valence-electron chi connectivity index (χ3n) is 1.57. The molecule has 0 amide bonds. The molecule has 0 aliphatic carbocycles. The van der Waals surface area contributed by atoms with Crippen molar-refractivity contribution in [3.05, 3.63) is 23.3 Å². The second-order valence-electron chi connectivity index (χ2n) is 2.60. The van der Waals surface area contributed by atoms with E-state index >= 15 is 0 Å². The Labute approximate surface area is 70.3 Å². The van der Waals surface area contributed by atoms with Gasteiger partial charge in [0.1, 0.15) is 0 Å². The maximum Gasteiger partial charge on any atom is 0.309 e. The molecule has 0 radical (unpaired) electrons. The summed E-state index contributed by atoms with van der Waals surface area (Å²) in [5, 5.41) is 8.46. The van der Waals surface area contributed by atoms with Gasteiger partial charge in [0.25, 0.3) is 0 Å². The van der Waals surface area contributed by atoms with E-state index in [9.17, 15) is 4.79 Å². The molecule has 0 spiro atoms. The van der Waals surface area contributed by atoms with Gasteiger partial charge in [-0.1, -0.05) is 0 Å². The van der Waals surface area contributed by atoms with Crippen molar-refractivity contribution in [3.63, 3.8) is 0 Å². The maximum atomic E-state index is 10.3. The SMILES string of the molecule is Cc1ncc(CC(=O)O)nc1C. The lowest BCUT2D eigenvalue weighted by Crippen LogP contribution is -2.04. The molecule has 4 heteroatoms. The number of rotatable bonds is 2. The molecular weight excluding hydrogens is 156 g/mol. The zero-order valence-electron chi connectivity index (χ0n) is 7.03. The zero-order valence-corrected chi connectivity index (χ0v) is 7.03. The van der Waals surface area contributed by atoms with Gasteiger partial charge in [-0.05, 0) is 13.8 Å². The average molecular weight is 166 g/mol. The Hall–Kier alpha value is -1.45. The fourth-order valence-corrected chi connectivity index (χ4v) is 0.830. The number of carboxylic acids is 1. The molecule has 0 saturated carbocycles. The first kappa shape index (κ1) is 8.64. The predicted molar refractivity (Wildman–Crippen MR) is 42.8 cm³/mol. The lowest BCUT2D eigenvalue weighted by Gasteiger charge is -1.99. The van der Waals surface area contributed by atoms with E-state index in [1.54, 1.807) is 0 Å². The topological polar surface area (TPSA) is 63.1 Å². The summed E-state index contributed by atoms with van der Waals surface area (Å²) in [6.45, 7) is 3.65. The van der Waals surface area contributed by atoms with Gasteiger partial charge >= 0.3 is 5.97 Å². The van der Waals surface area contributed by atoms with E-state index in [0.29, 0.717) is 5.69 Å². The summed E-state index contributed by atoms with van der Waals surface area (Å²) < 4.78 is 0. The van der Waals surface area contributed by atoms with Crippen LogP contribution in [0.3, 0.4) is 0 Å². The van der Waals surface area contributed by atoms with Crippen LogP contribution < -0.4 is 0 Å². The van der Waals surface area contributed by atoms with Crippen LogP contribution in [0, 0.1) is 13.8 Å². The van der Waals surface area contributed by atoms with Gasteiger partial charge in [0.2, 0.25) is 0 Å². The van der Waals surface area contributed by atoms with E-state index in [1.165, 1.54) is 6.20 Å². The van der Waals surface area contributed by atoms with E-state index < -0.39 is 5.97 Å². The van der Waals surface area contributed by atoms with Crippen molar-refractivity contribution in [1.82, 2.24) is 9.97 Å². The highest BCUT2D eigenvalue weighted by Crippen LogP contribution is 2.01. The first-order valence-electron chi connectivity index (χ1n) is 3.60. The quantitative estimate of drug-likeness (QED) is 0.703. The van der Waals surface area contributed by atoms with Crippen LogP contribution in [0.1, 0.15) is 17.1 Å². The van der Waals surface area contributed by atoms with Gasteiger partial charge < -0.3 is 5.11 Å². The van der Waals surface area contributed by atoms with Gasteiger partial charge in [0, 0.05) is 6.20 Å². The van der Waals surface area contributed by atoms with Gasteiger partial charge in [0.05, 0.1) is 23.5 Å². The summed E-state index contributed by atoms with van der Waals surface area (Å²) in [6, 6.07) is 0. The molecule has 0 atom stereocenters. The molecule has 0 saturated heterocycles. The molecule has 0 unspecified atom stereocenters. The predicted octanol–water partition coefficient (Wildman–Crippen LogP) is 0.721. The molecule has 0 aromatic carbocycles. The van der Waals surface area contributed by atoms with E-state index in [4.69, 9.17) is 5.11 Å². The third kappa shape index (κ3) is 2.02. The second kappa shape index (κ2) is 3.30. The number of nitrogens with zero attached hydrogens (tertiary/aromatic N) is 2. The van der Waals surface area contributed by atoms with E-state index in [1.807, 2.05) is 13.8 Å². The van der Waals surface area contributed by atoms with Crippen molar-refractivity contribution in [2.75, 3.05) is 0 Å². The van der Waals surface area contributed by atoms with Crippen LogP contribution in [-0.2, 0) is 11.2 Å². The summed E-state index contributed by atoms with van der Waals surface area (Å²) in [7, 11) is 0. The van der Waals surface area contributed by atoms with Crippen LogP contribution >= 0.6 is 0 Å². The van der Waals surface area contributed by atoms with Crippen molar-refractivity contribution in [1.29, 1.82) is 0 Å². The van der Waals surface area contributed by atoms with Crippen molar-refractivity contribution in [2.24, 2.45) is 0 Å². The standard InChI is InChI=1S/C8H10N2O2/c1-5-6(2)10-7(4-9-5)3-8(11)12/h4H,3H2,1-2H3,(H,11,12). The van der Waals surface area contributed by atoms with Crippen LogP contribution in [0.5, 0.6) is 0 Å². The Morgan fingerprint density at radius 1 is 1.50 bits per heavy atom. The molecule has 1 N–H and O–H groups in total. The molecule has 1 heterocycles. The Balaban J connectivity index is 2.89. The molecule has 64 valence electrons. The third-order valence-corrected chi connectivity index (χ3v) is 1.57. The summed E-state index contributed by atoms with van der Waals surface area (Å²) in [5.74, 6) is -0.882. The Morgan fingerprint density at radius 2 is 2.17 bits per heavy atom. The van der Waals surface area contributed by atoms with Crippen LogP contribution in [0.2, 0.25) is 0 Å². The number of aliphatic carboxylic acids is 1. The van der Waals surface area contributed by atoms with Crippen molar-refractivity contribution in [3.8, 4) is 0 Å². The minimum absolute atomic E-state index is 0.0614. The fraction of sp³-hybridized carbons (Fsp3) is 0.375. The molecule has 1 aromatic rings. The molecule has 1 aromatic heterocycles.